The lowest BCUT2D eigenvalue weighted by Crippen LogP contribution is -2.16. The second kappa shape index (κ2) is 7.59. The van der Waals surface area contributed by atoms with Gasteiger partial charge in [-0.25, -0.2) is 14.5 Å². The SMILES string of the molecule is COC(=O)c1cc(-c2ccc(OC(F)(F)F)cc2)n(-c2ccc(OC)nc2)n1. The third-order valence-corrected chi connectivity index (χ3v) is 3.66. The van der Waals surface area contributed by atoms with Crippen LogP contribution in [0.25, 0.3) is 16.9 Å². The zero-order valence-corrected chi connectivity index (χ0v) is 14.7. The molecule has 7 nitrogen and oxygen atoms in total. The molecule has 0 N–H and O–H groups in total. The van der Waals surface area contributed by atoms with Crippen LogP contribution >= 0.6 is 0 Å². The minimum atomic E-state index is -4.78. The summed E-state index contributed by atoms with van der Waals surface area (Å²) in [5.74, 6) is -0.626. The summed E-state index contributed by atoms with van der Waals surface area (Å²) in [7, 11) is 2.69. The molecule has 0 unspecified atom stereocenters. The number of esters is 1. The fourth-order valence-electron chi connectivity index (χ4n) is 2.43. The first-order valence-electron chi connectivity index (χ1n) is 7.85. The normalized spacial score (nSPS) is 11.2. The number of nitrogens with zero attached hydrogens (tertiary/aromatic N) is 3. The predicted molar refractivity (Wildman–Crippen MR) is 91.4 cm³/mol. The molecule has 0 radical (unpaired) electrons. The lowest BCUT2D eigenvalue weighted by molar-refractivity contribution is -0.274. The molecule has 0 saturated carbocycles. The number of benzene rings is 1. The molecule has 0 atom stereocenters. The van der Waals surface area contributed by atoms with Gasteiger partial charge in [-0.3, -0.25) is 0 Å². The number of hydrogen-bond donors (Lipinski definition) is 0. The average molecular weight is 393 g/mol. The molecular weight excluding hydrogens is 379 g/mol. The van der Waals surface area contributed by atoms with Crippen LogP contribution in [0.3, 0.4) is 0 Å². The van der Waals surface area contributed by atoms with Gasteiger partial charge in [-0.05, 0) is 36.4 Å². The van der Waals surface area contributed by atoms with Crippen molar-refractivity contribution >= 4 is 5.97 Å². The molecule has 146 valence electrons. The molecule has 1 aromatic carbocycles. The van der Waals surface area contributed by atoms with Gasteiger partial charge in [0, 0.05) is 11.6 Å². The Morgan fingerprint density at radius 3 is 2.32 bits per heavy atom. The van der Waals surface area contributed by atoms with Gasteiger partial charge in [0.1, 0.15) is 5.75 Å². The van der Waals surface area contributed by atoms with E-state index in [0.29, 0.717) is 22.8 Å². The van der Waals surface area contributed by atoms with Gasteiger partial charge in [-0.1, -0.05) is 0 Å². The third-order valence-electron chi connectivity index (χ3n) is 3.66. The summed E-state index contributed by atoms with van der Waals surface area (Å²) >= 11 is 0. The van der Waals surface area contributed by atoms with Crippen molar-refractivity contribution in [1.82, 2.24) is 14.8 Å². The molecular formula is C18H14F3N3O4. The van der Waals surface area contributed by atoms with Gasteiger partial charge in [0.15, 0.2) is 5.69 Å². The molecule has 3 aromatic rings. The van der Waals surface area contributed by atoms with Crippen molar-refractivity contribution in [1.29, 1.82) is 0 Å². The van der Waals surface area contributed by atoms with E-state index in [0.717, 1.165) is 0 Å². The van der Waals surface area contributed by atoms with E-state index in [2.05, 4.69) is 14.8 Å². The smallest absolute Gasteiger partial charge is 0.481 e. The molecule has 0 bridgehead atoms. The second-order valence-corrected chi connectivity index (χ2v) is 5.45. The second-order valence-electron chi connectivity index (χ2n) is 5.45. The zero-order valence-electron chi connectivity index (χ0n) is 14.7. The van der Waals surface area contributed by atoms with Crippen LogP contribution in [0.4, 0.5) is 13.2 Å². The number of rotatable bonds is 5. The largest absolute Gasteiger partial charge is 0.573 e. The molecule has 3 rings (SSSR count). The first kappa shape index (κ1) is 19.2. The van der Waals surface area contributed by atoms with Crippen LogP contribution in [0.15, 0.2) is 48.7 Å². The summed E-state index contributed by atoms with van der Waals surface area (Å²) in [6, 6.07) is 9.94. The Morgan fingerprint density at radius 1 is 1.07 bits per heavy atom. The summed E-state index contributed by atoms with van der Waals surface area (Å²) in [4.78, 5) is 16.0. The maximum atomic E-state index is 12.3. The quantitative estimate of drug-likeness (QED) is 0.617. The van der Waals surface area contributed by atoms with Crippen LogP contribution in [0, 0.1) is 0 Å². The lowest BCUT2D eigenvalue weighted by Gasteiger charge is -2.10. The van der Waals surface area contributed by atoms with Crippen LogP contribution in [0.1, 0.15) is 10.5 Å². The fourth-order valence-corrected chi connectivity index (χ4v) is 2.43. The summed E-state index contributed by atoms with van der Waals surface area (Å²) in [5.41, 5.74) is 1.50. The number of methoxy groups -OCH3 is 2. The van der Waals surface area contributed by atoms with Crippen LogP contribution in [-0.2, 0) is 4.74 Å². The van der Waals surface area contributed by atoms with E-state index in [1.807, 2.05) is 0 Å². The van der Waals surface area contributed by atoms with Gasteiger partial charge in [-0.15, -0.1) is 13.2 Å². The summed E-state index contributed by atoms with van der Waals surface area (Å²) < 4.78 is 52.0. The van der Waals surface area contributed by atoms with Gasteiger partial charge in [0.05, 0.1) is 31.8 Å². The standard InChI is InChI=1S/C18H14F3N3O4/c1-26-16-8-5-12(10-22-16)24-15(9-14(23-24)17(25)27-2)11-3-6-13(7-4-11)28-18(19,20)21/h3-10H,1-2H3. The van der Waals surface area contributed by atoms with Crippen LogP contribution < -0.4 is 9.47 Å². The molecule has 0 aliphatic rings. The van der Waals surface area contributed by atoms with E-state index in [4.69, 9.17) is 9.47 Å². The topological polar surface area (TPSA) is 75.5 Å². The highest BCUT2D eigenvalue weighted by Crippen LogP contribution is 2.28. The van der Waals surface area contributed by atoms with Gasteiger partial charge < -0.3 is 14.2 Å². The van der Waals surface area contributed by atoms with Crippen molar-refractivity contribution in [2.75, 3.05) is 14.2 Å². The highest BCUT2D eigenvalue weighted by atomic mass is 19.4. The zero-order chi connectivity index (χ0) is 20.3. The molecule has 0 aliphatic carbocycles. The predicted octanol–water partition coefficient (Wildman–Crippen LogP) is 3.63. The van der Waals surface area contributed by atoms with Crippen molar-refractivity contribution in [3.8, 4) is 28.6 Å². The molecule has 0 fully saturated rings. The van der Waals surface area contributed by atoms with Crippen LogP contribution in [0.5, 0.6) is 11.6 Å². The number of alkyl halides is 3. The number of hydrogen-bond acceptors (Lipinski definition) is 6. The van der Waals surface area contributed by atoms with Crippen molar-refractivity contribution in [2.24, 2.45) is 0 Å². The van der Waals surface area contributed by atoms with E-state index >= 15 is 0 Å². The summed E-state index contributed by atoms with van der Waals surface area (Å²) in [5, 5.41) is 4.21. The maximum Gasteiger partial charge on any atom is 0.573 e. The highest BCUT2D eigenvalue weighted by Gasteiger charge is 2.31. The van der Waals surface area contributed by atoms with Gasteiger partial charge in [-0.2, -0.15) is 5.10 Å². The van der Waals surface area contributed by atoms with Crippen LogP contribution in [-0.4, -0.2) is 41.3 Å². The first-order chi connectivity index (χ1) is 13.3. The monoisotopic (exact) mass is 393 g/mol. The van der Waals surface area contributed by atoms with Gasteiger partial charge in [0.25, 0.3) is 0 Å². The van der Waals surface area contributed by atoms with Crippen molar-refractivity contribution in [2.45, 2.75) is 6.36 Å². The highest BCUT2D eigenvalue weighted by molar-refractivity contribution is 5.89. The lowest BCUT2D eigenvalue weighted by atomic mass is 10.1. The Labute approximate surface area is 157 Å². The maximum absolute atomic E-state index is 12.3. The van der Waals surface area contributed by atoms with Crippen molar-refractivity contribution in [3.63, 3.8) is 0 Å². The number of halogens is 3. The summed E-state index contributed by atoms with van der Waals surface area (Å²) in [6.45, 7) is 0. The molecule has 2 aromatic heterocycles. The van der Waals surface area contributed by atoms with Gasteiger partial charge in [0.2, 0.25) is 5.88 Å². The Kier molecular flexibility index (Phi) is 5.21. The number of ether oxygens (including phenoxy) is 3. The number of pyridine rings is 1. The average Bonchev–Trinajstić information content (AvgIpc) is 3.12. The van der Waals surface area contributed by atoms with Crippen molar-refractivity contribution < 1.29 is 32.2 Å². The van der Waals surface area contributed by atoms with Crippen LogP contribution in [0.2, 0.25) is 0 Å². The fraction of sp³-hybridized carbons (Fsp3) is 0.167. The third kappa shape index (κ3) is 4.22. The van der Waals surface area contributed by atoms with Crippen molar-refractivity contribution in [3.05, 3.63) is 54.4 Å². The van der Waals surface area contributed by atoms with E-state index < -0.39 is 12.3 Å². The molecule has 0 aliphatic heterocycles. The Balaban J connectivity index is 2.03. The Hall–Kier alpha value is -3.56. The number of aromatic nitrogens is 3. The minimum Gasteiger partial charge on any atom is -0.481 e. The number of carbonyl (C=O) groups is 1. The number of carbonyl (C=O) groups excluding carboxylic acids is 1. The Morgan fingerprint density at radius 2 is 1.79 bits per heavy atom. The molecule has 0 spiro atoms. The van der Waals surface area contributed by atoms with E-state index in [9.17, 15) is 18.0 Å². The van der Waals surface area contributed by atoms with E-state index in [-0.39, 0.29) is 11.4 Å². The summed E-state index contributed by atoms with van der Waals surface area (Å²) in [6.07, 6.45) is -3.30. The first-order valence-corrected chi connectivity index (χ1v) is 7.85. The van der Waals surface area contributed by atoms with E-state index in [1.165, 1.54) is 55.4 Å². The molecule has 0 amide bonds. The molecule has 28 heavy (non-hydrogen) atoms. The van der Waals surface area contributed by atoms with E-state index in [1.54, 1.807) is 12.1 Å². The molecule has 2 heterocycles. The molecule has 0 saturated heterocycles. The molecule has 10 heteroatoms. The minimum absolute atomic E-state index is 0.0314. The van der Waals surface area contributed by atoms with Gasteiger partial charge >= 0.3 is 12.3 Å². The Bertz CT molecular complexity index is 967.